The highest BCUT2D eigenvalue weighted by Gasteiger charge is 2.24. The van der Waals surface area contributed by atoms with E-state index < -0.39 is 23.5 Å². The summed E-state index contributed by atoms with van der Waals surface area (Å²) in [5, 5.41) is 9.25. The molecule has 0 aliphatic heterocycles. The Morgan fingerprint density at radius 2 is 1.77 bits per heavy atom. The second-order valence-electron chi connectivity index (χ2n) is 6.70. The molecule has 4 heteroatoms. The van der Waals surface area contributed by atoms with Crippen molar-refractivity contribution in [3.8, 4) is 0 Å². The molecule has 0 radical (unpaired) electrons. The molecule has 0 spiro atoms. The van der Waals surface area contributed by atoms with Crippen LogP contribution >= 0.6 is 0 Å². The number of aryl methyl sites for hydroxylation is 2. The molecule has 0 saturated carbocycles. The third kappa shape index (κ3) is 7.25. The zero-order valence-corrected chi connectivity index (χ0v) is 13.9. The summed E-state index contributed by atoms with van der Waals surface area (Å²) in [6.45, 7) is 7.36. The van der Waals surface area contributed by atoms with Gasteiger partial charge in [-0.25, -0.2) is 0 Å². The average Bonchev–Trinajstić information content (AvgIpc) is 2.37. The van der Waals surface area contributed by atoms with Gasteiger partial charge in [0.2, 0.25) is 0 Å². The fraction of sp³-hybridized carbons (Fsp3) is 0.556. The van der Waals surface area contributed by atoms with Crippen molar-refractivity contribution >= 4 is 11.9 Å². The van der Waals surface area contributed by atoms with Gasteiger partial charge in [-0.15, -0.1) is 0 Å². The number of aliphatic carboxylic acids is 1. The van der Waals surface area contributed by atoms with E-state index in [0.717, 1.165) is 12.8 Å². The zero-order chi connectivity index (χ0) is 16.8. The van der Waals surface area contributed by atoms with E-state index in [2.05, 4.69) is 12.1 Å². The molecule has 0 heterocycles. The van der Waals surface area contributed by atoms with Gasteiger partial charge in [0, 0.05) is 0 Å². The lowest BCUT2D eigenvalue weighted by atomic mass is 9.96. The van der Waals surface area contributed by atoms with Crippen LogP contribution in [0.3, 0.4) is 0 Å². The van der Waals surface area contributed by atoms with Crippen LogP contribution < -0.4 is 0 Å². The van der Waals surface area contributed by atoms with Crippen molar-refractivity contribution in [2.24, 2.45) is 5.92 Å². The average molecular weight is 306 g/mol. The van der Waals surface area contributed by atoms with Crippen LogP contribution in [0.2, 0.25) is 0 Å². The molecule has 1 rings (SSSR count). The summed E-state index contributed by atoms with van der Waals surface area (Å²) in [4.78, 5) is 23.0. The van der Waals surface area contributed by atoms with Crippen molar-refractivity contribution < 1.29 is 19.4 Å². The molecule has 1 N–H and O–H groups in total. The summed E-state index contributed by atoms with van der Waals surface area (Å²) in [7, 11) is 0. The lowest BCUT2D eigenvalue weighted by molar-refractivity contribution is -0.160. The molecule has 0 amide bonds. The van der Waals surface area contributed by atoms with E-state index in [9.17, 15) is 14.7 Å². The maximum absolute atomic E-state index is 11.8. The number of hydrogen-bond donors (Lipinski definition) is 1. The van der Waals surface area contributed by atoms with E-state index in [1.54, 1.807) is 20.8 Å². The molecule has 0 aliphatic carbocycles. The number of benzene rings is 1. The minimum atomic E-state index is -0.935. The molecule has 1 atom stereocenters. The SMILES string of the molecule is Cc1ccc(CCCC(CC(=O)OC(C)(C)C)C(=O)O)cc1. The van der Waals surface area contributed by atoms with Crippen LogP contribution in [0.4, 0.5) is 0 Å². The van der Waals surface area contributed by atoms with Gasteiger partial charge in [0.05, 0.1) is 12.3 Å². The Bertz CT molecular complexity index is 497. The van der Waals surface area contributed by atoms with Crippen LogP contribution in [-0.2, 0) is 20.7 Å². The lowest BCUT2D eigenvalue weighted by Gasteiger charge is -2.21. The Balaban J connectivity index is 2.46. The molecular formula is C18H26O4. The first-order chi connectivity index (χ1) is 10.2. The van der Waals surface area contributed by atoms with E-state index >= 15 is 0 Å². The Kier molecular flexibility index (Phi) is 6.60. The molecule has 1 aromatic carbocycles. The summed E-state index contributed by atoms with van der Waals surface area (Å²) in [5.41, 5.74) is 1.81. The largest absolute Gasteiger partial charge is 0.481 e. The van der Waals surface area contributed by atoms with Crippen LogP contribution in [-0.4, -0.2) is 22.6 Å². The van der Waals surface area contributed by atoms with Crippen LogP contribution in [0.15, 0.2) is 24.3 Å². The standard InChI is InChI=1S/C18H26O4/c1-13-8-10-14(11-9-13)6-5-7-15(17(20)21)12-16(19)22-18(2,3)4/h8-11,15H,5-7,12H2,1-4H3,(H,20,21). The van der Waals surface area contributed by atoms with Gasteiger partial charge in [-0.3, -0.25) is 9.59 Å². The first kappa shape index (κ1) is 18.2. The topological polar surface area (TPSA) is 63.6 Å². The summed E-state index contributed by atoms with van der Waals surface area (Å²) in [6.07, 6.45) is 1.96. The molecule has 1 unspecified atom stereocenters. The van der Waals surface area contributed by atoms with Crippen LogP contribution in [0, 0.1) is 12.8 Å². The molecule has 22 heavy (non-hydrogen) atoms. The highest BCUT2D eigenvalue weighted by molar-refractivity contribution is 5.78. The quantitative estimate of drug-likeness (QED) is 0.779. The monoisotopic (exact) mass is 306 g/mol. The number of carbonyl (C=O) groups excluding carboxylic acids is 1. The number of esters is 1. The third-order valence-electron chi connectivity index (χ3n) is 3.32. The summed E-state index contributed by atoms with van der Waals surface area (Å²) < 4.78 is 5.19. The maximum atomic E-state index is 11.8. The predicted octanol–water partition coefficient (Wildman–Crippen LogP) is 3.75. The molecule has 4 nitrogen and oxygen atoms in total. The van der Waals surface area contributed by atoms with Crippen molar-refractivity contribution in [1.29, 1.82) is 0 Å². The number of hydrogen-bond acceptors (Lipinski definition) is 3. The Morgan fingerprint density at radius 3 is 2.27 bits per heavy atom. The second kappa shape index (κ2) is 7.97. The van der Waals surface area contributed by atoms with Gasteiger partial charge < -0.3 is 9.84 Å². The van der Waals surface area contributed by atoms with Crippen molar-refractivity contribution in [2.75, 3.05) is 0 Å². The first-order valence-electron chi connectivity index (χ1n) is 7.67. The minimum Gasteiger partial charge on any atom is -0.481 e. The first-order valence-corrected chi connectivity index (χ1v) is 7.67. The van der Waals surface area contributed by atoms with Crippen molar-refractivity contribution in [1.82, 2.24) is 0 Å². The van der Waals surface area contributed by atoms with Gasteiger partial charge in [-0.05, 0) is 52.5 Å². The summed E-state index contributed by atoms with van der Waals surface area (Å²) >= 11 is 0. The number of carboxylic acids is 1. The van der Waals surface area contributed by atoms with Gasteiger partial charge in [0.15, 0.2) is 0 Å². The summed E-state index contributed by atoms with van der Waals surface area (Å²) in [5.74, 6) is -2.06. The fourth-order valence-electron chi connectivity index (χ4n) is 2.20. The molecule has 0 fully saturated rings. The second-order valence-corrected chi connectivity index (χ2v) is 6.70. The van der Waals surface area contributed by atoms with Crippen LogP contribution in [0.25, 0.3) is 0 Å². The molecule has 1 aromatic rings. The molecule has 0 saturated heterocycles. The van der Waals surface area contributed by atoms with Gasteiger partial charge in [-0.1, -0.05) is 29.8 Å². The number of carbonyl (C=O) groups is 2. The molecular weight excluding hydrogens is 280 g/mol. The normalized spacial score (nSPS) is 12.7. The van der Waals surface area contributed by atoms with E-state index in [-0.39, 0.29) is 6.42 Å². The Hall–Kier alpha value is -1.84. The highest BCUT2D eigenvalue weighted by atomic mass is 16.6. The van der Waals surface area contributed by atoms with Crippen LogP contribution in [0.1, 0.15) is 51.2 Å². The van der Waals surface area contributed by atoms with E-state index in [4.69, 9.17) is 4.74 Å². The Labute approximate surface area is 132 Å². The van der Waals surface area contributed by atoms with Crippen molar-refractivity contribution in [3.05, 3.63) is 35.4 Å². The van der Waals surface area contributed by atoms with Crippen molar-refractivity contribution in [2.45, 2.75) is 59.0 Å². The predicted molar refractivity (Wildman–Crippen MR) is 85.7 cm³/mol. The van der Waals surface area contributed by atoms with Crippen LogP contribution in [0.5, 0.6) is 0 Å². The Morgan fingerprint density at radius 1 is 1.18 bits per heavy atom. The summed E-state index contributed by atoms with van der Waals surface area (Å²) in [6, 6.07) is 8.20. The van der Waals surface area contributed by atoms with Gasteiger partial charge >= 0.3 is 11.9 Å². The lowest BCUT2D eigenvalue weighted by Crippen LogP contribution is -2.27. The highest BCUT2D eigenvalue weighted by Crippen LogP contribution is 2.18. The van der Waals surface area contributed by atoms with Gasteiger partial charge in [-0.2, -0.15) is 0 Å². The number of carboxylic acid groups (broad SMARTS) is 1. The molecule has 122 valence electrons. The zero-order valence-electron chi connectivity index (χ0n) is 13.9. The smallest absolute Gasteiger partial charge is 0.307 e. The third-order valence-corrected chi connectivity index (χ3v) is 3.32. The minimum absolute atomic E-state index is 0.0689. The number of rotatable bonds is 7. The number of ether oxygens (including phenoxy) is 1. The van der Waals surface area contributed by atoms with Gasteiger partial charge in [0.25, 0.3) is 0 Å². The van der Waals surface area contributed by atoms with Crippen molar-refractivity contribution in [3.63, 3.8) is 0 Å². The maximum Gasteiger partial charge on any atom is 0.307 e. The molecule has 0 bridgehead atoms. The fourth-order valence-corrected chi connectivity index (χ4v) is 2.20. The van der Waals surface area contributed by atoms with E-state index in [1.165, 1.54) is 11.1 Å². The van der Waals surface area contributed by atoms with Gasteiger partial charge in [0.1, 0.15) is 5.60 Å². The van der Waals surface area contributed by atoms with E-state index in [0.29, 0.717) is 6.42 Å². The molecule has 0 aromatic heterocycles. The molecule has 0 aliphatic rings. The van der Waals surface area contributed by atoms with E-state index in [1.807, 2.05) is 19.1 Å².